The maximum absolute atomic E-state index is 12.6. The Morgan fingerprint density at radius 2 is 1.06 bits per heavy atom. The Hall–Kier alpha value is -4.44. The number of amides is 3. The second kappa shape index (κ2) is 23.7. The van der Waals surface area contributed by atoms with Crippen LogP contribution in [0.4, 0.5) is 0 Å². The molecule has 0 spiro atoms. The molecule has 3 amide bonds. The van der Waals surface area contributed by atoms with Crippen molar-refractivity contribution in [3.63, 3.8) is 0 Å². The number of hydrogen-bond acceptors (Lipinski definition) is 23. The van der Waals surface area contributed by atoms with Crippen molar-refractivity contribution in [1.29, 1.82) is 0 Å². The van der Waals surface area contributed by atoms with E-state index in [1.807, 2.05) is 0 Å². The van der Waals surface area contributed by atoms with Gasteiger partial charge in [0.25, 0.3) is 5.91 Å². The van der Waals surface area contributed by atoms with Crippen LogP contribution < -0.4 is 16.0 Å². The summed E-state index contributed by atoms with van der Waals surface area (Å²) < 4.78 is 50.1. The third kappa shape index (κ3) is 12.4. The molecule has 20 atom stereocenters. The molecule has 0 radical (unpaired) electrons. The highest BCUT2D eigenvalue weighted by Gasteiger charge is 2.57. The molecule has 20 unspecified atom stereocenters. The predicted molar refractivity (Wildman–Crippen MR) is 211 cm³/mol. The van der Waals surface area contributed by atoms with Gasteiger partial charge in [0.05, 0.1) is 19.8 Å². The van der Waals surface area contributed by atoms with E-state index < -0.39 is 166 Å². The number of carbonyl (C=O) groups is 6. The van der Waals surface area contributed by atoms with Gasteiger partial charge in [-0.1, -0.05) is 12.1 Å². The number of hydrogen-bond donors (Lipinski definition) is 13. The number of aldehydes is 1. The quantitative estimate of drug-likeness (QED) is 0.0452. The molecule has 4 fully saturated rings. The fourth-order valence-corrected chi connectivity index (χ4v) is 7.85. The molecular formula is C39H55N3O25. The summed E-state index contributed by atoms with van der Waals surface area (Å²) in [5, 5.41) is 115. The summed E-state index contributed by atoms with van der Waals surface area (Å²) in [6.07, 6.45) is -34.3. The summed E-state index contributed by atoms with van der Waals surface area (Å²) >= 11 is 0. The van der Waals surface area contributed by atoms with Gasteiger partial charge in [-0.05, 0) is 12.1 Å². The highest BCUT2D eigenvalue weighted by molar-refractivity contribution is 5.94. The molecule has 0 saturated carbocycles. The largest absolute Gasteiger partial charge is 0.479 e. The number of benzene rings is 1. The van der Waals surface area contributed by atoms with E-state index in [1.165, 1.54) is 31.4 Å². The van der Waals surface area contributed by atoms with Crippen molar-refractivity contribution in [1.82, 2.24) is 16.0 Å². The van der Waals surface area contributed by atoms with Crippen molar-refractivity contribution >= 4 is 35.9 Å². The number of aliphatic hydroxyl groups is 8. The minimum Gasteiger partial charge on any atom is -0.479 e. The molecule has 28 heteroatoms. The monoisotopic (exact) mass is 965 g/mol. The Balaban J connectivity index is 1.28. The number of carboxylic acid groups (broad SMARTS) is 2. The summed E-state index contributed by atoms with van der Waals surface area (Å²) in [7, 11) is 1.18. The number of aliphatic carboxylic acids is 2. The van der Waals surface area contributed by atoms with Gasteiger partial charge in [-0.2, -0.15) is 0 Å². The molecule has 5 rings (SSSR count). The molecule has 0 aliphatic carbocycles. The van der Waals surface area contributed by atoms with E-state index in [0.717, 1.165) is 13.8 Å². The SMILES string of the molecule is COC1C(CO)OC(OC2C(C(=O)O)OC(OC3C(CO)OC(OC4C(C(=O)O)OC(OCCNC(=O)c5ccc(C=O)cc5)C(O)C4O)C(NC(C)=O)C3O)C(O)C2O)C(NC(C)=O)C1O. The highest BCUT2D eigenvalue weighted by atomic mass is 16.8. The fraction of sp³-hybridized carbons (Fsp3) is 0.692. The Bertz CT molecular complexity index is 1860. The van der Waals surface area contributed by atoms with E-state index in [0.29, 0.717) is 11.8 Å². The van der Waals surface area contributed by atoms with Gasteiger partial charge in [0.1, 0.15) is 91.6 Å². The second-order valence-electron chi connectivity index (χ2n) is 15.7. The van der Waals surface area contributed by atoms with Gasteiger partial charge in [-0.3, -0.25) is 19.2 Å². The van der Waals surface area contributed by atoms with Gasteiger partial charge >= 0.3 is 11.9 Å². The zero-order valence-electron chi connectivity index (χ0n) is 35.9. The average molecular weight is 966 g/mol. The van der Waals surface area contributed by atoms with E-state index in [1.54, 1.807) is 0 Å². The average Bonchev–Trinajstić information content (AvgIpc) is 3.29. The lowest BCUT2D eigenvalue weighted by molar-refractivity contribution is -0.371. The van der Waals surface area contributed by atoms with Crippen LogP contribution in [-0.2, 0) is 61.8 Å². The number of rotatable bonds is 19. The van der Waals surface area contributed by atoms with Gasteiger partial charge in [0.15, 0.2) is 37.4 Å². The Kier molecular flexibility index (Phi) is 18.9. The first-order valence-corrected chi connectivity index (χ1v) is 20.6. The molecule has 4 aliphatic rings. The highest BCUT2D eigenvalue weighted by Crippen LogP contribution is 2.35. The van der Waals surface area contributed by atoms with Crippen molar-refractivity contribution in [2.75, 3.05) is 33.5 Å². The molecule has 0 bridgehead atoms. The number of nitrogens with one attached hydrogen (secondary N) is 3. The number of aliphatic hydroxyl groups excluding tert-OH is 8. The summed E-state index contributed by atoms with van der Waals surface area (Å²) in [5.74, 6) is -5.71. The van der Waals surface area contributed by atoms with Gasteiger partial charge in [-0.15, -0.1) is 0 Å². The lowest BCUT2D eigenvalue weighted by Gasteiger charge is -2.49. The third-order valence-electron chi connectivity index (χ3n) is 11.1. The van der Waals surface area contributed by atoms with E-state index in [9.17, 15) is 79.8 Å². The maximum Gasteiger partial charge on any atom is 0.335 e. The molecule has 1 aromatic rings. The van der Waals surface area contributed by atoms with Crippen molar-refractivity contribution in [2.45, 2.75) is 137 Å². The van der Waals surface area contributed by atoms with Crippen molar-refractivity contribution in [2.24, 2.45) is 0 Å². The van der Waals surface area contributed by atoms with Crippen LogP contribution in [0.3, 0.4) is 0 Å². The van der Waals surface area contributed by atoms with Gasteiger partial charge in [0, 0.05) is 38.6 Å². The maximum atomic E-state index is 12.6. The third-order valence-corrected chi connectivity index (χ3v) is 11.1. The van der Waals surface area contributed by atoms with E-state index in [2.05, 4.69) is 16.0 Å². The first-order valence-electron chi connectivity index (χ1n) is 20.6. The van der Waals surface area contributed by atoms with Gasteiger partial charge < -0.3 is 110 Å². The Morgan fingerprint density at radius 1 is 0.612 bits per heavy atom. The molecular weight excluding hydrogens is 910 g/mol. The molecule has 1 aromatic carbocycles. The second-order valence-corrected chi connectivity index (χ2v) is 15.7. The van der Waals surface area contributed by atoms with E-state index >= 15 is 0 Å². The van der Waals surface area contributed by atoms with Crippen molar-refractivity contribution < 1.29 is 122 Å². The Morgan fingerprint density at radius 3 is 1.51 bits per heavy atom. The van der Waals surface area contributed by atoms with E-state index in [4.69, 9.17) is 42.6 Å². The fourth-order valence-electron chi connectivity index (χ4n) is 7.85. The summed E-state index contributed by atoms with van der Waals surface area (Å²) in [5.41, 5.74) is 0.538. The minimum atomic E-state index is -2.26. The molecule has 4 heterocycles. The van der Waals surface area contributed by atoms with Gasteiger partial charge in [-0.25, -0.2) is 9.59 Å². The number of carbonyl (C=O) groups excluding carboxylic acids is 4. The summed E-state index contributed by atoms with van der Waals surface area (Å²) in [4.78, 5) is 72.7. The summed E-state index contributed by atoms with van der Waals surface area (Å²) in [6.45, 7) is -0.327. The number of carboxylic acids is 2. The number of methoxy groups -OCH3 is 1. The Labute approximate surface area is 379 Å². The normalized spacial score (nSPS) is 38.9. The molecule has 13 N–H and O–H groups in total. The molecule has 67 heavy (non-hydrogen) atoms. The van der Waals surface area contributed by atoms with Crippen LogP contribution in [-0.4, -0.2) is 243 Å². The minimum absolute atomic E-state index is 0.192. The van der Waals surface area contributed by atoms with Crippen LogP contribution in [0.1, 0.15) is 34.6 Å². The lowest BCUT2D eigenvalue weighted by Crippen LogP contribution is -2.70. The standard InChI is InChI=1S/C39H55N3O25/c1-13(46)41-19-21(48)27(59-3)17(11-44)61-36(19)65-30-24(51)26(53)39(67-32(30)35(57)58)63-28-18(12-45)62-37(20(22(28)49)42-14(2)47)64-29-23(50)25(52)38(66-31(29)34(55)56)60-9-8-40-33(54)16-6-4-15(10-43)5-7-16/h4-7,10,17-32,36-39,44-45,48-53H,8-9,11-12H2,1-3H3,(H,40,54)(H,41,46)(H,42,47)(H,55,56)(H,57,58). The van der Waals surface area contributed by atoms with Crippen LogP contribution in [0.15, 0.2) is 24.3 Å². The van der Waals surface area contributed by atoms with Crippen LogP contribution in [0, 0.1) is 0 Å². The van der Waals surface area contributed by atoms with E-state index in [-0.39, 0.29) is 18.7 Å². The van der Waals surface area contributed by atoms with Crippen LogP contribution in [0.2, 0.25) is 0 Å². The molecule has 4 saturated heterocycles. The molecule has 4 aliphatic heterocycles. The predicted octanol–water partition coefficient (Wildman–Crippen LogP) is -7.36. The first-order chi connectivity index (χ1) is 31.8. The molecule has 28 nitrogen and oxygen atoms in total. The van der Waals surface area contributed by atoms with Crippen LogP contribution in [0.5, 0.6) is 0 Å². The van der Waals surface area contributed by atoms with Crippen LogP contribution in [0.25, 0.3) is 0 Å². The molecule has 0 aromatic heterocycles. The van der Waals surface area contributed by atoms with Crippen LogP contribution >= 0.6 is 0 Å². The van der Waals surface area contributed by atoms with Gasteiger partial charge in [0.2, 0.25) is 11.8 Å². The molecule has 376 valence electrons. The zero-order valence-corrected chi connectivity index (χ0v) is 35.9. The zero-order chi connectivity index (χ0) is 49.4. The topological polar surface area (TPSA) is 424 Å². The van der Waals surface area contributed by atoms with Crippen molar-refractivity contribution in [3.8, 4) is 0 Å². The lowest BCUT2D eigenvalue weighted by atomic mass is 9.94. The van der Waals surface area contributed by atoms with Crippen molar-refractivity contribution in [3.05, 3.63) is 35.4 Å². The number of ether oxygens (including phenoxy) is 9. The summed E-state index contributed by atoms with van der Waals surface area (Å²) in [6, 6.07) is 2.34. The smallest absolute Gasteiger partial charge is 0.335 e. The first kappa shape index (κ1) is 53.5.